The van der Waals surface area contributed by atoms with Crippen molar-refractivity contribution in [3.63, 3.8) is 0 Å². The molecule has 0 bridgehead atoms. The molecule has 21 heavy (non-hydrogen) atoms. The van der Waals surface area contributed by atoms with Gasteiger partial charge in [-0.05, 0) is 37.5 Å². The Morgan fingerprint density at radius 2 is 1.67 bits per heavy atom. The minimum atomic E-state index is 0.108. The number of nitrogens with zero attached hydrogens (tertiary/aromatic N) is 1. The van der Waals surface area contributed by atoms with Crippen LogP contribution in [-0.4, -0.2) is 4.98 Å². The van der Waals surface area contributed by atoms with Gasteiger partial charge in [0, 0.05) is 17.8 Å². The van der Waals surface area contributed by atoms with Crippen LogP contribution in [0.25, 0.3) is 0 Å². The highest BCUT2D eigenvalue weighted by molar-refractivity contribution is 5.26. The summed E-state index contributed by atoms with van der Waals surface area (Å²) in [6.07, 6.45) is 8.27. The van der Waals surface area contributed by atoms with Crippen LogP contribution < -0.4 is 5.32 Å². The Balaban J connectivity index is 1.86. The van der Waals surface area contributed by atoms with Crippen LogP contribution in [0.2, 0.25) is 0 Å². The highest BCUT2D eigenvalue weighted by Gasteiger charge is 2.34. The summed E-state index contributed by atoms with van der Waals surface area (Å²) in [6, 6.07) is 17.4. The number of benzene rings is 1. The first kappa shape index (κ1) is 14.3. The minimum absolute atomic E-state index is 0.108. The molecule has 2 aromatic rings. The molecule has 0 radical (unpaired) electrons. The predicted molar refractivity (Wildman–Crippen MR) is 87.0 cm³/mol. The molecule has 1 N–H and O–H groups in total. The lowest BCUT2D eigenvalue weighted by atomic mass is 9.76. The zero-order valence-corrected chi connectivity index (χ0v) is 12.8. The van der Waals surface area contributed by atoms with Crippen LogP contribution in [0.1, 0.15) is 56.3 Å². The van der Waals surface area contributed by atoms with E-state index in [4.69, 9.17) is 0 Å². The van der Waals surface area contributed by atoms with Gasteiger partial charge in [-0.2, -0.15) is 0 Å². The zero-order valence-electron chi connectivity index (χ0n) is 12.8. The van der Waals surface area contributed by atoms with Gasteiger partial charge < -0.3 is 0 Å². The number of hydrogen-bond acceptors (Lipinski definition) is 2. The van der Waals surface area contributed by atoms with E-state index in [1.54, 1.807) is 0 Å². The smallest absolute Gasteiger partial charge is 0.0570 e. The van der Waals surface area contributed by atoms with E-state index in [9.17, 15) is 0 Å². The quantitative estimate of drug-likeness (QED) is 0.886. The average Bonchev–Trinajstić information content (AvgIpc) is 2.57. The second-order valence-corrected chi connectivity index (χ2v) is 6.13. The summed E-state index contributed by atoms with van der Waals surface area (Å²) in [4.78, 5) is 4.51. The summed E-state index contributed by atoms with van der Waals surface area (Å²) in [7, 11) is 0. The van der Waals surface area contributed by atoms with Gasteiger partial charge in [-0.3, -0.25) is 10.3 Å². The van der Waals surface area contributed by atoms with Gasteiger partial charge in [0.15, 0.2) is 0 Å². The topological polar surface area (TPSA) is 24.9 Å². The van der Waals surface area contributed by atoms with E-state index >= 15 is 0 Å². The van der Waals surface area contributed by atoms with Crippen LogP contribution in [0.3, 0.4) is 0 Å². The summed E-state index contributed by atoms with van der Waals surface area (Å²) in [6.45, 7) is 2.22. The van der Waals surface area contributed by atoms with Gasteiger partial charge in [-0.25, -0.2) is 0 Å². The Hall–Kier alpha value is -1.67. The molecular formula is C19H24N2. The van der Waals surface area contributed by atoms with Crippen molar-refractivity contribution in [2.24, 2.45) is 0 Å². The number of rotatable bonds is 4. The molecule has 1 aliphatic carbocycles. The average molecular weight is 280 g/mol. The van der Waals surface area contributed by atoms with Crippen molar-refractivity contribution in [3.8, 4) is 0 Å². The number of aromatic nitrogens is 1. The third-order valence-electron chi connectivity index (χ3n) is 4.66. The molecule has 0 amide bonds. The Labute approximate surface area is 127 Å². The molecule has 0 unspecified atom stereocenters. The predicted octanol–water partition coefficient (Wildman–Crippen LogP) is 4.59. The van der Waals surface area contributed by atoms with Crippen LogP contribution in [0.5, 0.6) is 0 Å². The molecule has 1 atom stereocenters. The van der Waals surface area contributed by atoms with Crippen molar-refractivity contribution >= 4 is 0 Å². The van der Waals surface area contributed by atoms with Crippen LogP contribution in [0.15, 0.2) is 54.7 Å². The van der Waals surface area contributed by atoms with Crippen molar-refractivity contribution in [1.82, 2.24) is 10.3 Å². The van der Waals surface area contributed by atoms with Crippen molar-refractivity contribution in [2.75, 3.05) is 0 Å². The molecule has 2 nitrogen and oxygen atoms in total. The van der Waals surface area contributed by atoms with E-state index in [0.29, 0.717) is 0 Å². The third-order valence-corrected chi connectivity index (χ3v) is 4.66. The zero-order chi connectivity index (χ0) is 14.5. The fourth-order valence-corrected chi connectivity index (χ4v) is 3.55. The molecule has 1 aliphatic rings. The maximum Gasteiger partial charge on any atom is 0.0570 e. The normalized spacial score (nSPS) is 19.1. The van der Waals surface area contributed by atoms with E-state index < -0.39 is 0 Å². The standard InChI is InChI=1S/C19H24N2/c1-16(18-12-6-9-15-20-18)21-19(13-7-3-8-14-19)17-10-4-2-5-11-17/h2,4-6,9-12,15-16,21H,3,7-8,13-14H2,1H3/t16-/m0/s1. The number of pyridine rings is 1. The monoisotopic (exact) mass is 280 g/mol. The Morgan fingerprint density at radius 1 is 0.952 bits per heavy atom. The lowest BCUT2D eigenvalue weighted by Gasteiger charge is -2.41. The Bertz CT molecular complexity index is 544. The molecule has 1 aromatic carbocycles. The fourth-order valence-electron chi connectivity index (χ4n) is 3.55. The lowest BCUT2D eigenvalue weighted by Crippen LogP contribution is -2.45. The van der Waals surface area contributed by atoms with E-state index in [-0.39, 0.29) is 11.6 Å². The summed E-state index contributed by atoms with van der Waals surface area (Å²) in [5.41, 5.74) is 2.65. The van der Waals surface area contributed by atoms with E-state index in [2.05, 4.69) is 59.7 Å². The summed E-state index contributed by atoms with van der Waals surface area (Å²) in [5.74, 6) is 0. The highest BCUT2D eigenvalue weighted by Crippen LogP contribution is 2.38. The second-order valence-electron chi connectivity index (χ2n) is 6.13. The van der Waals surface area contributed by atoms with Crippen molar-refractivity contribution in [2.45, 2.75) is 50.6 Å². The molecule has 0 aliphatic heterocycles. The summed E-state index contributed by atoms with van der Waals surface area (Å²) < 4.78 is 0. The first-order valence-electron chi connectivity index (χ1n) is 8.04. The summed E-state index contributed by atoms with van der Waals surface area (Å²) >= 11 is 0. The van der Waals surface area contributed by atoms with Crippen molar-refractivity contribution in [3.05, 3.63) is 66.0 Å². The maximum absolute atomic E-state index is 4.51. The van der Waals surface area contributed by atoms with Gasteiger partial charge in [0.2, 0.25) is 0 Å². The maximum atomic E-state index is 4.51. The Kier molecular flexibility index (Phi) is 4.35. The van der Waals surface area contributed by atoms with Crippen molar-refractivity contribution in [1.29, 1.82) is 0 Å². The fraction of sp³-hybridized carbons (Fsp3) is 0.421. The first-order chi connectivity index (χ1) is 10.3. The van der Waals surface area contributed by atoms with Gasteiger partial charge in [0.25, 0.3) is 0 Å². The van der Waals surface area contributed by atoms with Gasteiger partial charge in [0.1, 0.15) is 0 Å². The first-order valence-corrected chi connectivity index (χ1v) is 8.04. The molecule has 2 heteroatoms. The molecule has 3 rings (SSSR count). The molecule has 0 saturated heterocycles. The second kappa shape index (κ2) is 6.40. The molecule has 1 saturated carbocycles. The molecule has 0 spiro atoms. The third kappa shape index (κ3) is 3.16. The van der Waals surface area contributed by atoms with Crippen molar-refractivity contribution < 1.29 is 0 Å². The largest absolute Gasteiger partial charge is 0.299 e. The molecule has 1 fully saturated rings. The van der Waals surface area contributed by atoms with E-state index in [1.807, 2.05) is 12.3 Å². The van der Waals surface area contributed by atoms with Gasteiger partial charge >= 0.3 is 0 Å². The SMILES string of the molecule is C[C@H](NC1(c2ccccc2)CCCCC1)c1ccccn1. The molecule has 1 heterocycles. The number of hydrogen-bond donors (Lipinski definition) is 1. The number of nitrogens with one attached hydrogen (secondary N) is 1. The molecule has 1 aromatic heterocycles. The van der Waals surface area contributed by atoms with Crippen LogP contribution in [0, 0.1) is 0 Å². The van der Waals surface area contributed by atoms with Gasteiger partial charge in [-0.15, -0.1) is 0 Å². The van der Waals surface area contributed by atoms with Gasteiger partial charge in [-0.1, -0.05) is 55.7 Å². The van der Waals surface area contributed by atoms with Crippen LogP contribution in [0.4, 0.5) is 0 Å². The summed E-state index contributed by atoms with van der Waals surface area (Å²) in [5, 5.41) is 3.90. The highest BCUT2D eigenvalue weighted by atomic mass is 15.0. The van der Waals surface area contributed by atoms with Crippen LogP contribution in [-0.2, 0) is 5.54 Å². The minimum Gasteiger partial charge on any atom is -0.299 e. The van der Waals surface area contributed by atoms with Gasteiger partial charge in [0.05, 0.1) is 5.69 Å². The van der Waals surface area contributed by atoms with Crippen LogP contribution >= 0.6 is 0 Å². The molecular weight excluding hydrogens is 256 g/mol. The molecule has 110 valence electrons. The van der Waals surface area contributed by atoms with E-state index in [0.717, 1.165) is 5.69 Å². The lowest BCUT2D eigenvalue weighted by molar-refractivity contribution is 0.211. The van der Waals surface area contributed by atoms with E-state index in [1.165, 1.54) is 37.7 Å². The Morgan fingerprint density at radius 3 is 2.33 bits per heavy atom.